The summed E-state index contributed by atoms with van der Waals surface area (Å²) in [5.41, 5.74) is 1.68. The van der Waals surface area contributed by atoms with Crippen LogP contribution in [-0.2, 0) is 20.0 Å². The third-order valence-corrected chi connectivity index (χ3v) is 8.48. The van der Waals surface area contributed by atoms with Crippen LogP contribution in [0.4, 0.5) is 17.3 Å². The fourth-order valence-corrected chi connectivity index (χ4v) is 5.48. The summed E-state index contributed by atoms with van der Waals surface area (Å²) in [5.74, 6) is -0.481. The van der Waals surface area contributed by atoms with E-state index in [1.807, 2.05) is 0 Å². The Kier molecular flexibility index (Phi) is 7.23. The number of nitrogens with one attached hydrogen (secondary N) is 2. The highest BCUT2D eigenvalue weighted by Crippen LogP contribution is 2.23. The third-order valence-electron chi connectivity index (χ3n) is 5.34. The number of carbonyl (C=O) groups excluding carboxylic acids is 1. The maximum absolute atomic E-state index is 12.8. The van der Waals surface area contributed by atoms with Crippen LogP contribution < -0.4 is 14.3 Å². The fourth-order valence-electron chi connectivity index (χ4n) is 3.31. The number of carbonyl (C=O) groups is 1. The van der Waals surface area contributed by atoms with Crippen LogP contribution >= 0.6 is 0 Å². The first kappa shape index (κ1) is 25.8. The molecule has 10 nitrogen and oxygen atoms in total. The number of hydrogen-bond donors (Lipinski definition) is 2. The van der Waals surface area contributed by atoms with Gasteiger partial charge in [-0.05, 0) is 73.7 Å². The van der Waals surface area contributed by atoms with Gasteiger partial charge in [0.05, 0.1) is 15.5 Å². The third kappa shape index (κ3) is 5.93. The van der Waals surface area contributed by atoms with E-state index in [4.69, 9.17) is 0 Å². The molecule has 1 aromatic heterocycles. The molecule has 0 spiro atoms. The average Bonchev–Trinajstić information content (AvgIpc) is 2.89. The second-order valence-corrected chi connectivity index (χ2v) is 11.6. The van der Waals surface area contributed by atoms with E-state index >= 15 is 0 Å². The van der Waals surface area contributed by atoms with Crippen LogP contribution in [0.2, 0.25) is 0 Å². The quantitative estimate of drug-likeness (QED) is 0.350. The Morgan fingerprint density at radius 3 is 2.08 bits per heavy atom. The molecule has 12 heteroatoms. The van der Waals surface area contributed by atoms with Crippen molar-refractivity contribution in [2.75, 3.05) is 21.4 Å². The maximum atomic E-state index is 12.8. The minimum absolute atomic E-state index is 0.0254. The number of nitrogens with zero attached hydrogens (tertiary/aromatic N) is 3. The molecular formula is C25H23N5O5S2. The highest BCUT2D eigenvalue weighted by molar-refractivity contribution is 7.93. The van der Waals surface area contributed by atoms with E-state index in [1.54, 1.807) is 31.2 Å². The summed E-state index contributed by atoms with van der Waals surface area (Å²) < 4.78 is 54.2. The Morgan fingerprint density at radius 1 is 0.811 bits per heavy atom. The van der Waals surface area contributed by atoms with Crippen molar-refractivity contribution in [1.29, 1.82) is 0 Å². The molecule has 1 amide bonds. The Hall–Kier alpha value is -4.29. The molecular weight excluding hydrogens is 514 g/mol. The molecule has 0 aliphatic rings. The molecule has 3 aromatic carbocycles. The molecule has 37 heavy (non-hydrogen) atoms. The van der Waals surface area contributed by atoms with Gasteiger partial charge in [0.2, 0.25) is 5.95 Å². The summed E-state index contributed by atoms with van der Waals surface area (Å²) in [6.45, 7) is 1.72. The molecule has 0 saturated heterocycles. The zero-order chi connectivity index (χ0) is 26.6. The van der Waals surface area contributed by atoms with Crippen molar-refractivity contribution >= 4 is 43.3 Å². The first-order valence-corrected chi connectivity index (χ1v) is 13.9. The predicted octanol–water partition coefficient (Wildman–Crippen LogP) is 3.66. The second kappa shape index (κ2) is 10.4. The molecule has 0 saturated carbocycles. The molecule has 1 heterocycles. The van der Waals surface area contributed by atoms with Gasteiger partial charge >= 0.3 is 0 Å². The van der Waals surface area contributed by atoms with Crippen molar-refractivity contribution in [3.05, 3.63) is 102 Å². The van der Waals surface area contributed by atoms with E-state index < -0.39 is 26.0 Å². The van der Waals surface area contributed by atoms with Crippen LogP contribution in [0, 0.1) is 6.92 Å². The van der Waals surface area contributed by atoms with Gasteiger partial charge in [0.25, 0.3) is 26.0 Å². The summed E-state index contributed by atoms with van der Waals surface area (Å²) in [6, 6.07) is 21.4. The van der Waals surface area contributed by atoms with Gasteiger partial charge in [-0.2, -0.15) is 0 Å². The normalized spacial score (nSPS) is 11.5. The van der Waals surface area contributed by atoms with E-state index in [9.17, 15) is 21.6 Å². The standard InChI is InChI=1S/C25H23N5O5S2/c1-18-16-17-26-25(27-18)29-36(32,33)22-14-10-20(11-15-22)28-24(31)19-8-12-21(13-9-19)30(2)37(34,35)23-6-4-3-5-7-23/h3-17H,1-2H3,(H,28,31)(H,26,27,29). The van der Waals surface area contributed by atoms with Crippen LogP contribution in [0.25, 0.3) is 0 Å². The van der Waals surface area contributed by atoms with E-state index in [-0.39, 0.29) is 15.7 Å². The van der Waals surface area contributed by atoms with Crippen molar-refractivity contribution < 1.29 is 21.6 Å². The Balaban J connectivity index is 1.43. The van der Waals surface area contributed by atoms with Crippen LogP contribution in [0.5, 0.6) is 0 Å². The van der Waals surface area contributed by atoms with E-state index in [0.29, 0.717) is 22.6 Å². The molecule has 0 atom stereocenters. The van der Waals surface area contributed by atoms with Crippen molar-refractivity contribution in [3.8, 4) is 0 Å². The van der Waals surface area contributed by atoms with Gasteiger partial charge in [-0.15, -0.1) is 0 Å². The smallest absolute Gasteiger partial charge is 0.264 e. The van der Waals surface area contributed by atoms with Gasteiger partial charge in [-0.1, -0.05) is 18.2 Å². The van der Waals surface area contributed by atoms with Crippen molar-refractivity contribution in [2.24, 2.45) is 0 Å². The van der Waals surface area contributed by atoms with Gasteiger partial charge < -0.3 is 5.32 Å². The van der Waals surface area contributed by atoms with Gasteiger partial charge in [0.1, 0.15) is 0 Å². The van der Waals surface area contributed by atoms with Crippen molar-refractivity contribution in [2.45, 2.75) is 16.7 Å². The Labute approximate surface area is 215 Å². The number of rotatable bonds is 8. The monoisotopic (exact) mass is 537 g/mol. The van der Waals surface area contributed by atoms with E-state index in [1.165, 1.54) is 73.9 Å². The van der Waals surface area contributed by atoms with Crippen LogP contribution in [0.1, 0.15) is 16.1 Å². The lowest BCUT2D eigenvalue weighted by molar-refractivity contribution is 0.102. The second-order valence-electron chi connectivity index (χ2n) is 7.94. The largest absolute Gasteiger partial charge is 0.322 e. The number of hydrogen-bond acceptors (Lipinski definition) is 7. The molecule has 0 aliphatic carbocycles. The predicted molar refractivity (Wildman–Crippen MR) is 140 cm³/mol. The lowest BCUT2D eigenvalue weighted by Gasteiger charge is -2.19. The van der Waals surface area contributed by atoms with Crippen molar-refractivity contribution in [1.82, 2.24) is 9.97 Å². The summed E-state index contributed by atoms with van der Waals surface area (Å²) in [6.07, 6.45) is 1.45. The molecule has 0 radical (unpaired) electrons. The zero-order valence-electron chi connectivity index (χ0n) is 19.9. The summed E-state index contributed by atoms with van der Waals surface area (Å²) >= 11 is 0. The molecule has 4 aromatic rings. The highest BCUT2D eigenvalue weighted by Gasteiger charge is 2.21. The van der Waals surface area contributed by atoms with Crippen molar-refractivity contribution in [3.63, 3.8) is 0 Å². The lowest BCUT2D eigenvalue weighted by atomic mass is 10.2. The first-order valence-electron chi connectivity index (χ1n) is 10.9. The minimum Gasteiger partial charge on any atom is -0.322 e. The van der Waals surface area contributed by atoms with Gasteiger partial charge in [0.15, 0.2) is 0 Å². The number of aryl methyl sites for hydroxylation is 1. The summed E-state index contributed by atoms with van der Waals surface area (Å²) in [7, 11) is -6.22. The minimum atomic E-state index is -3.91. The van der Waals surface area contributed by atoms with Gasteiger partial charge in [0, 0.05) is 30.2 Å². The molecule has 0 unspecified atom stereocenters. The van der Waals surface area contributed by atoms with E-state index in [2.05, 4.69) is 20.0 Å². The zero-order valence-corrected chi connectivity index (χ0v) is 21.5. The van der Waals surface area contributed by atoms with Crippen LogP contribution in [-0.4, -0.2) is 39.8 Å². The molecule has 0 aliphatic heterocycles. The molecule has 0 bridgehead atoms. The topological polar surface area (TPSA) is 138 Å². The molecule has 2 N–H and O–H groups in total. The summed E-state index contributed by atoms with van der Waals surface area (Å²) in [5, 5.41) is 2.69. The van der Waals surface area contributed by atoms with Crippen LogP contribution in [0.15, 0.2) is 101 Å². The fraction of sp³-hybridized carbons (Fsp3) is 0.0800. The number of sulfonamides is 2. The maximum Gasteiger partial charge on any atom is 0.264 e. The molecule has 190 valence electrons. The number of amides is 1. The highest BCUT2D eigenvalue weighted by atomic mass is 32.2. The number of benzene rings is 3. The SMILES string of the molecule is Cc1ccnc(NS(=O)(=O)c2ccc(NC(=O)c3ccc(N(C)S(=O)(=O)c4ccccc4)cc3)cc2)n1. The lowest BCUT2D eigenvalue weighted by Crippen LogP contribution is -2.26. The Bertz CT molecular complexity index is 1630. The summed E-state index contributed by atoms with van der Waals surface area (Å²) in [4.78, 5) is 20.7. The van der Waals surface area contributed by atoms with Gasteiger partial charge in [-0.25, -0.2) is 31.5 Å². The Morgan fingerprint density at radius 2 is 1.46 bits per heavy atom. The first-order chi connectivity index (χ1) is 17.6. The average molecular weight is 538 g/mol. The van der Waals surface area contributed by atoms with E-state index in [0.717, 1.165) is 4.31 Å². The molecule has 4 rings (SSSR count). The van der Waals surface area contributed by atoms with Gasteiger partial charge in [-0.3, -0.25) is 9.10 Å². The number of anilines is 3. The number of aromatic nitrogens is 2. The van der Waals surface area contributed by atoms with Crippen LogP contribution in [0.3, 0.4) is 0 Å². The molecule has 0 fully saturated rings.